The summed E-state index contributed by atoms with van der Waals surface area (Å²) in [5.41, 5.74) is 0. The zero-order valence-electron chi connectivity index (χ0n) is 15.4. The Balaban J connectivity index is 2.52. The van der Waals surface area contributed by atoms with Crippen LogP contribution in [0.1, 0.15) is 64.7 Å². The Kier molecular flexibility index (Phi) is 10.1. The van der Waals surface area contributed by atoms with E-state index >= 15 is 0 Å². The van der Waals surface area contributed by atoms with E-state index in [9.17, 15) is 32.8 Å². The number of thiol groups is 1. The highest BCUT2D eigenvalue weighted by Crippen LogP contribution is 2.19. The number of Topliss-reactive ketones (excluding diaryl/α,β-unsaturated/α-hetero) is 1. The Morgan fingerprint density at radius 1 is 1.15 bits per heavy atom. The standard InChI is InChI=1S/C16H27N3O7S/c1-2-3-4-5-6-7-8-9-14(21)18(17-27(25)26)11-13(20)12-10-15(22)19(24)16(12)23/h12,24,27H,2-11H2,1H3,(H,17,25,26). The van der Waals surface area contributed by atoms with E-state index in [1.807, 2.05) is 4.83 Å². The molecule has 0 aromatic rings. The summed E-state index contributed by atoms with van der Waals surface area (Å²) >= 11 is 0. The number of rotatable bonds is 13. The van der Waals surface area contributed by atoms with E-state index in [-0.39, 0.29) is 11.5 Å². The predicted molar refractivity (Wildman–Crippen MR) is 94.5 cm³/mol. The van der Waals surface area contributed by atoms with Gasteiger partial charge >= 0.3 is 0 Å². The normalized spacial score (nSPS) is 17.0. The Morgan fingerprint density at radius 3 is 2.26 bits per heavy atom. The molecule has 1 heterocycles. The number of nitrogens with one attached hydrogen (secondary N) is 1. The topological polar surface area (TPSA) is 141 Å². The number of hydroxylamine groups is 2. The quantitative estimate of drug-likeness (QED) is 0.100. The van der Waals surface area contributed by atoms with Gasteiger partial charge in [-0.1, -0.05) is 45.4 Å². The number of unbranched alkanes of at least 4 members (excludes halogenated alkanes) is 6. The lowest BCUT2D eigenvalue weighted by Gasteiger charge is -2.20. The zero-order chi connectivity index (χ0) is 20.4. The zero-order valence-corrected chi connectivity index (χ0v) is 16.3. The van der Waals surface area contributed by atoms with Crippen molar-refractivity contribution in [3.8, 4) is 0 Å². The summed E-state index contributed by atoms with van der Waals surface area (Å²) in [5, 5.41) is 9.70. The summed E-state index contributed by atoms with van der Waals surface area (Å²) in [6.07, 6.45) is 6.42. The van der Waals surface area contributed by atoms with Crippen LogP contribution in [-0.4, -0.2) is 53.7 Å². The van der Waals surface area contributed by atoms with Crippen LogP contribution in [0.25, 0.3) is 0 Å². The number of hydrazine groups is 1. The van der Waals surface area contributed by atoms with Crippen molar-refractivity contribution in [3.05, 3.63) is 0 Å². The molecule has 2 N–H and O–H groups in total. The van der Waals surface area contributed by atoms with Gasteiger partial charge in [-0.25, -0.2) is 8.42 Å². The van der Waals surface area contributed by atoms with Crippen LogP contribution < -0.4 is 4.83 Å². The monoisotopic (exact) mass is 405 g/mol. The lowest BCUT2D eigenvalue weighted by atomic mass is 10.0. The molecule has 10 nitrogen and oxygen atoms in total. The maximum absolute atomic E-state index is 12.2. The van der Waals surface area contributed by atoms with Gasteiger partial charge in [-0.15, -0.1) is 4.83 Å². The van der Waals surface area contributed by atoms with Gasteiger partial charge in [-0.3, -0.25) is 29.4 Å². The molecule has 1 aliphatic heterocycles. The molecule has 11 heteroatoms. The second-order valence-electron chi connectivity index (χ2n) is 6.48. The van der Waals surface area contributed by atoms with Gasteiger partial charge in [0, 0.05) is 12.8 Å². The lowest BCUT2D eigenvalue weighted by molar-refractivity contribution is -0.172. The lowest BCUT2D eigenvalue weighted by Crippen LogP contribution is -2.47. The number of carbonyl (C=O) groups excluding carboxylic acids is 4. The fraction of sp³-hybridized carbons (Fsp3) is 0.750. The van der Waals surface area contributed by atoms with Gasteiger partial charge in [-0.05, 0) is 6.42 Å². The van der Waals surface area contributed by atoms with Gasteiger partial charge < -0.3 is 0 Å². The maximum atomic E-state index is 12.2. The fourth-order valence-corrected chi connectivity index (χ4v) is 3.16. The van der Waals surface area contributed by atoms with Gasteiger partial charge in [0.15, 0.2) is 5.78 Å². The van der Waals surface area contributed by atoms with E-state index in [1.165, 1.54) is 6.42 Å². The minimum atomic E-state index is -3.18. The molecule has 1 aliphatic rings. The van der Waals surface area contributed by atoms with Crippen molar-refractivity contribution in [2.45, 2.75) is 64.7 Å². The van der Waals surface area contributed by atoms with Crippen LogP contribution >= 0.6 is 0 Å². The molecule has 3 amide bonds. The Morgan fingerprint density at radius 2 is 1.74 bits per heavy atom. The number of ketones is 1. The average Bonchev–Trinajstić information content (AvgIpc) is 2.87. The van der Waals surface area contributed by atoms with Crippen LogP contribution in [0.2, 0.25) is 0 Å². The van der Waals surface area contributed by atoms with Crippen LogP contribution in [0.4, 0.5) is 0 Å². The second-order valence-corrected chi connectivity index (χ2v) is 7.19. The van der Waals surface area contributed by atoms with E-state index in [0.717, 1.165) is 32.1 Å². The highest BCUT2D eigenvalue weighted by Gasteiger charge is 2.43. The van der Waals surface area contributed by atoms with Gasteiger partial charge in [0.05, 0.1) is 6.54 Å². The molecule has 1 atom stereocenters. The molecule has 0 aliphatic carbocycles. The molecule has 0 aromatic carbocycles. The molecule has 0 bridgehead atoms. The average molecular weight is 405 g/mol. The molecule has 0 aromatic heterocycles. The van der Waals surface area contributed by atoms with Gasteiger partial charge in [-0.2, -0.15) is 5.06 Å². The minimum Gasteiger partial charge on any atom is -0.297 e. The number of nitrogens with zero attached hydrogens (tertiary/aromatic N) is 2. The summed E-state index contributed by atoms with van der Waals surface area (Å²) in [4.78, 5) is 49.2. The number of carbonyl (C=O) groups is 4. The highest BCUT2D eigenvalue weighted by atomic mass is 32.2. The SMILES string of the molecule is CCCCCCCCCC(=O)N(CC(=O)C1CC(=O)N(O)C1=O)N[SH](=O)=O. The Labute approximate surface area is 159 Å². The first-order chi connectivity index (χ1) is 12.8. The van der Waals surface area contributed by atoms with E-state index in [1.54, 1.807) is 0 Å². The molecule has 0 spiro atoms. The molecular formula is C16H27N3O7S. The fourth-order valence-electron chi connectivity index (χ4n) is 2.78. The van der Waals surface area contributed by atoms with Gasteiger partial charge in [0.25, 0.3) is 11.8 Å². The smallest absolute Gasteiger partial charge is 0.264 e. The second kappa shape index (κ2) is 11.8. The van der Waals surface area contributed by atoms with Crippen molar-refractivity contribution in [2.24, 2.45) is 5.92 Å². The Bertz CT molecular complexity index is 628. The van der Waals surface area contributed by atoms with E-state index in [0.29, 0.717) is 11.4 Å². The molecule has 0 radical (unpaired) electrons. The van der Waals surface area contributed by atoms with E-state index in [2.05, 4.69) is 6.92 Å². The molecule has 0 saturated carbocycles. The highest BCUT2D eigenvalue weighted by molar-refractivity contribution is 7.70. The molecule has 1 rings (SSSR count). The first kappa shape index (κ1) is 23.2. The van der Waals surface area contributed by atoms with E-state index in [4.69, 9.17) is 0 Å². The molecule has 154 valence electrons. The van der Waals surface area contributed by atoms with E-state index < -0.39 is 53.3 Å². The molecule has 1 unspecified atom stereocenters. The molecule has 1 fully saturated rings. The first-order valence-corrected chi connectivity index (χ1v) is 10.2. The summed E-state index contributed by atoms with van der Waals surface area (Å²) in [5.74, 6) is -4.81. The Hall–Kier alpha value is -1.85. The number of amides is 3. The van der Waals surface area contributed by atoms with Crippen molar-refractivity contribution in [3.63, 3.8) is 0 Å². The maximum Gasteiger partial charge on any atom is 0.264 e. The summed E-state index contributed by atoms with van der Waals surface area (Å²) < 4.78 is 21.8. The van der Waals surface area contributed by atoms with Gasteiger partial charge in [0.2, 0.25) is 16.8 Å². The molecular weight excluding hydrogens is 378 g/mol. The van der Waals surface area contributed by atoms with Gasteiger partial charge in [0.1, 0.15) is 5.92 Å². The number of hydrogen-bond donors (Lipinski definition) is 3. The molecule has 27 heavy (non-hydrogen) atoms. The number of imide groups is 1. The summed E-state index contributed by atoms with van der Waals surface area (Å²) in [6.45, 7) is 1.44. The third kappa shape index (κ3) is 7.73. The van der Waals surface area contributed by atoms with Crippen molar-refractivity contribution in [1.29, 1.82) is 0 Å². The first-order valence-electron chi connectivity index (χ1n) is 9.07. The third-order valence-corrected chi connectivity index (χ3v) is 4.73. The third-order valence-electron chi connectivity index (χ3n) is 4.32. The van der Waals surface area contributed by atoms with Crippen LogP contribution in [-0.2, 0) is 30.1 Å². The largest absolute Gasteiger partial charge is 0.297 e. The van der Waals surface area contributed by atoms with Crippen LogP contribution in [0.3, 0.4) is 0 Å². The van der Waals surface area contributed by atoms with Crippen molar-refractivity contribution < 1.29 is 32.8 Å². The van der Waals surface area contributed by atoms with Crippen LogP contribution in [0.5, 0.6) is 0 Å². The van der Waals surface area contributed by atoms with Crippen LogP contribution in [0.15, 0.2) is 0 Å². The molecule has 1 saturated heterocycles. The predicted octanol–water partition coefficient (Wildman–Crippen LogP) is 0.320. The van der Waals surface area contributed by atoms with Crippen molar-refractivity contribution in [2.75, 3.05) is 6.54 Å². The van der Waals surface area contributed by atoms with Crippen molar-refractivity contribution >= 4 is 34.4 Å². The van der Waals surface area contributed by atoms with Crippen LogP contribution in [0, 0.1) is 5.92 Å². The van der Waals surface area contributed by atoms with Crippen molar-refractivity contribution in [1.82, 2.24) is 14.9 Å². The summed E-state index contributed by atoms with van der Waals surface area (Å²) in [6, 6.07) is 0. The summed E-state index contributed by atoms with van der Waals surface area (Å²) in [7, 11) is -3.18. The minimum absolute atomic E-state index is 0.0564. The number of hydrogen-bond acceptors (Lipinski definition) is 7.